The summed E-state index contributed by atoms with van der Waals surface area (Å²) in [6.07, 6.45) is 0.719. The summed E-state index contributed by atoms with van der Waals surface area (Å²) in [6, 6.07) is 7.84. The van der Waals surface area contributed by atoms with Crippen LogP contribution in [0.4, 0.5) is 5.69 Å². The summed E-state index contributed by atoms with van der Waals surface area (Å²) >= 11 is 3.41. The number of ether oxygens (including phenoxy) is 1. The van der Waals surface area contributed by atoms with Crippen LogP contribution in [0.5, 0.6) is 0 Å². The highest BCUT2D eigenvalue weighted by atomic mass is 79.9. The second kappa shape index (κ2) is 5.92. The lowest BCUT2D eigenvalue weighted by Crippen LogP contribution is -2.59. The van der Waals surface area contributed by atoms with Crippen LogP contribution in [0.2, 0.25) is 0 Å². The topological polar surface area (TPSA) is 50.4 Å². The Labute approximate surface area is 122 Å². The molecule has 0 amide bonds. The van der Waals surface area contributed by atoms with E-state index in [1.165, 1.54) is 7.11 Å². The lowest BCUT2D eigenvalue weighted by molar-refractivity contribution is -0.148. The maximum atomic E-state index is 12.2. The van der Waals surface area contributed by atoms with E-state index in [4.69, 9.17) is 4.74 Å². The minimum absolute atomic E-state index is 0.164. The van der Waals surface area contributed by atoms with E-state index in [-0.39, 0.29) is 11.9 Å². The van der Waals surface area contributed by atoms with Crippen molar-refractivity contribution in [2.75, 3.05) is 25.5 Å². The van der Waals surface area contributed by atoms with Gasteiger partial charge in [0, 0.05) is 22.6 Å². The third kappa shape index (κ3) is 2.92. The zero-order chi connectivity index (χ0) is 13.9. The van der Waals surface area contributed by atoms with Crippen molar-refractivity contribution in [1.82, 2.24) is 5.32 Å². The Kier molecular flexibility index (Phi) is 4.47. The van der Waals surface area contributed by atoms with Crippen molar-refractivity contribution in [2.24, 2.45) is 5.92 Å². The van der Waals surface area contributed by atoms with Crippen molar-refractivity contribution < 1.29 is 9.53 Å². The monoisotopic (exact) mass is 326 g/mol. The summed E-state index contributed by atoms with van der Waals surface area (Å²) in [5.74, 6) is -0.0261. The maximum Gasteiger partial charge on any atom is 0.331 e. The van der Waals surface area contributed by atoms with Crippen molar-refractivity contribution in [3.05, 3.63) is 28.7 Å². The van der Waals surface area contributed by atoms with Crippen molar-refractivity contribution in [3.63, 3.8) is 0 Å². The fourth-order valence-corrected chi connectivity index (χ4v) is 2.80. The van der Waals surface area contributed by atoms with E-state index >= 15 is 0 Å². The Balaban J connectivity index is 2.27. The molecule has 0 aliphatic carbocycles. The van der Waals surface area contributed by atoms with Crippen molar-refractivity contribution in [1.29, 1.82) is 0 Å². The van der Waals surface area contributed by atoms with Gasteiger partial charge < -0.3 is 15.4 Å². The number of methoxy groups -OCH3 is 1. The van der Waals surface area contributed by atoms with Crippen LogP contribution in [0.3, 0.4) is 0 Å². The second-order valence-corrected chi connectivity index (χ2v) is 5.87. The number of carbonyl (C=O) groups excluding carboxylic acids is 1. The van der Waals surface area contributed by atoms with Crippen LogP contribution < -0.4 is 10.6 Å². The highest BCUT2D eigenvalue weighted by molar-refractivity contribution is 9.10. The SMILES string of the molecule is COC(=O)C1(Nc2ccc(Br)cc2)CCNCC1C. The average Bonchev–Trinajstić information content (AvgIpc) is 2.43. The van der Waals surface area contributed by atoms with E-state index < -0.39 is 5.54 Å². The number of nitrogens with one attached hydrogen (secondary N) is 2. The van der Waals surface area contributed by atoms with Crippen LogP contribution >= 0.6 is 15.9 Å². The van der Waals surface area contributed by atoms with E-state index in [0.29, 0.717) is 0 Å². The summed E-state index contributed by atoms with van der Waals surface area (Å²) in [5.41, 5.74) is 0.288. The first-order chi connectivity index (χ1) is 9.08. The molecule has 1 aliphatic heterocycles. The average molecular weight is 327 g/mol. The molecule has 19 heavy (non-hydrogen) atoms. The number of piperidine rings is 1. The first kappa shape index (κ1) is 14.3. The van der Waals surface area contributed by atoms with E-state index in [1.807, 2.05) is 24.3 Å². The van der Waals surface area contributed by atoms with Gasteiger partial charge in [-0.25, -0.2) is 4.79 Å². The largest absolute Gasteiger partial charge is 0.467 e. The number of carbonyl (C=O) groups is 1. The lowest BCUT2D eigenvalue weighted by atomic mass is 9.79. The number of esters is 1. The molecule has 5 heteroatoms. The summed E-state index contributed by atoms with van der Waals surface area (Å²) in [6.45, 7) is 3.68. The first-order valence-electron chi connectivity index (χ1n) is 6.41. The predicted octanol–water partition coefficient (Wildman–Crippen LogP) is 2.40. The zero-order valence-corrected chi connectivity index (χ0v) is 12.8. The molecular weight excluding hydrogens is 308 g/mol. The van der Waals surface area contributed by atoms with Crippen LogP contribution in [0, 0.1) is 5.92 Å². The standard InChI is InChI=1S/C14H19BrN2O2/c1-10-9-16-8-7-14(10,13(18)19-2)17-12-5-3-11(15)4-6-12/h3-6,10,16-17H,7-9H2,1-2H3. The molecule has 2 unspecified atom stereocenters. The molecule has 1 aliphatic rings. The predicted molar refractivity (Wildman–Crippen MR) is 79.2 cm³/mol. The fourth-order valence-electron chi connectivity index (χ4n) is 2.54. The van der Waals surface area contributed by atoms with Gasteiger partial charge in [-0.2, -0.15) is 0 Å². The van der Waals surface area contributed by atoms with Gasteiger partial charge in [0.25, 0.3) is 0 Å². The number of benzene rings is 1. The van der Waals surface area contributed by atoms with Gasteiger partial charge in [0.05, 0.1) is 7.11 Å². The van der Waals surface area contributed by atoms with Crippen molar-refractivity contribution in [3.8, 4) is 0 Å². The van der Waals surface area contributed by atoms with Crippen molar-refractivity contribution >= 4 is 27.6 Å². The van der Waals surface area contributed by atoms with E-state index in [1.54, 1.807) is 0 Å². The van der Waals surface area contributed by atoms with E-state index in [2.05, 4.69) is 33.5 Å². The van der Waals surface area contributed by atoms with Gasteiger partial charge in [-0.05, 0) is 37.2 Å². The second-order valence-electron chi connectivity index (χ2n) is 4.95. The molecule has 1 aromatic carbocycles. The van der Waals surface area contributed by atoms with Gasteiger partial charge in [0.1, 0.15) is 5.54 Å². The molecule has 0 aromatic heterocycles. The smallest absolute Gasteiger partial charge is 0.331 e. The molecule has 1 saturated heterocycles. The number of rotatable bonds is 3. The molecule has 104 valence electrons. The van der Waals surface area contributed by atoms with Crippen LogP contribution in [-0.4, -0.2) is 31.7 Å². The lowest BCUT2D eigenvalue weighted by Gasteiger charge is -2.41. The molecule has 1 heterocycles. The van der Waals surface area contributed by atoms with Gasteiger partial charge in [-0.3, -0.25) is 0 Å². The first-order valence-corrected chi connectivity index (χ1v) is 7.20. The Bertz CT molecular complexity index is 449. The highest BCUT2D eigenvalue weighted by Crippen LogP contribution is 2.30. The van der Waals surface area contributed by atoms with Crippen LogP contribution in [0.1, 0.15) is 13.3 Å². The maximum absolute atomic E-state index is 12.2. The normalized spacial score (nSPS) is 26.8. The van der Waals surface area contributed by atoms with Gasteiger partial charge >= 0.3 is 5.97 Å². The number of hydrogen-bond acceptors (Lipinski definition) is 4. The molecule has 4 nitrogen and oxygen atoms in total. The Morgan fingerprint density at radius 3 is 2.74 bits per heavy atom. The van der Waals surface area contributed by atoms with Crippen LogP contribution in [0.15, 0.2) is 28.7 Å². The number of hydrogen-bond donors (Lipinski definition) is 2. The minimum Gasteiger partial charge on any atom is -0.467 e. The fraction of sp³-hybridized carbons (Fsp3) is 0.500. The van der Waals surface area contributed by atoms with Gasteiger partial charge in [0.15, 0.2) is 0 Å². The Hall–Kier alpha value is -1.07. The molecular formula is C14H19BrN2O2. The van der Waals surface area contributed by atoms with Crippen LogP contribution in [-0.2, 0) is 9.53 Å². The number of anilines is 1. The third-order valence-corrected chi connectivity index (χ3v) is 4.28. The molecule has 2 atom stereocenters. The molecule has 2 N–H and O–H groups in total. The zero-order valence-electron chi connectivity index (χ0n) is 11.2. The molecule has 1 fully saturated rings. The van der Waals surface area contributed by atoms with Gasteiger partial charge in [-0.1, -0.05) is 22.9 Å². The molecule has 0 spiro atoms. The third-order valence-electron chi connectivity index (χ3n) is 3.75. The summed E-state index contributed by atoms with van der Waals surface area (Å²) < 4.78 is 6.04. The molecule has 2 rings (SSSR count). The quantitative estimate of drug-likeness (QED) is 0.837. The summed E-state index contributed by atoms with van der Waals surface area (Å²) in [5, 5.41) is 6.69. The van der Waals surface area contributed by atoms with Gasteiger partial charge in [-0.15, -0.1) is 0 Å². The van der Waals surface area contributed by atoms with Gasteiger partial charge in [0.2, 0.25) is 0 Å². The molecule has 0 saturated carbocycles. The van der Waals surface area contributed by atoms with E-state index in [0.717, 1.165) is 29.7 Å². The highest BCUT2D eigenvalue weighted by Gasteiger charge is 2.46. The Morgan fingerprint density at radius 1 is 1.47 bits per heavy atom. The van der Waals surface area contributed by atoms with E-state index in [9.17, 15) is 4.79 Å². The Morgan fingerprint density at radius 2 is 2.16 bits per heavy atom. The summed E-state index contributed by atoms with van der Waals surface area (Å²) in [4.78, 5) is 12.2. The minimum atomic E-state index is -0.645. The molecule has 0 bridgehead atoms. The van der Waals surface area contributed by atoms with Crippen LogP contribution in [0.25, 0.3) is 0 Å². The van der Waals surface area contributed by atoms with Crippen molar-refractivity contribution in [2.45, 2.75) is 18.9 Å². The molecule has 1 aromatic rings. The molecule has 0 radical (unpaired) electrons. The number of halogens is 1. The summed E-state index contributed by atoms with van der Waals surface area (Å²) in [7, 11) is 1.45.